The van der Waals surface area contributed by atoms with Crippen LogP contribution in [0.3, 0.4) is 0 Å². The minimum atomic E-state index is -0.947. The van der Waals surface area contributed by atoms with Gasteiger partial charge < -0.3 is 10.9 Å². The molecule has 4 heteroatoms. The first kappa shape index (κ1) is 17.5. The summed E-state index contributed by atoms with van der Waals surface area (Å²) in [7, 11) is 0. The Morgan fingerprint density at radius 3 is 2.58 bits per heavy atom. The monoisotopic (exact) mass is 352 g/mol. The average molecular weight is 352 g/mol. The second-order valence-electron chi connectivity index (χ2n) is 8.23. The number of anilines is 1. The standard InChI is InChI=1S/C22H28N2O2/c1-15-6-8-16(9-7-15)21(22-12-4-2-3-5-18(22)14-22)17-10-11-19(23)20(13-17)24(25)26/h6-11,13,18,21,24-25H,2-5,12,14,23H2,1H3. The minimum Gasteiger partial charge on any atom is -0.595 e. The van der Waals surface area contributed by atoms with Crippen LogP contribution in [0.5, 0.6) is 0 Å². The van der Waals surface area contributed by atoms with E-state index in [9.17, 15) is 10.4 Å². The predicted octanol–water partition coefficient (Wildman–Crippen LogP) is 4.08. The zero-order valence-electron chi connectivity index (χ0n) is 15.4. The summed E-state index contributed by atoms with van der Waals surface area (Å²) in [6.45, 7) is 2.11. The van der Waals surface area contributed by atoms with Gasteiger partial charge in [0.2, 0.25) is 0 Å². The van der Waals surface area contributed by atoms with Crippen molar-refractivity contribution in [3.05, 3.63) is 64.4 Å². The fourth-order valence-electron chi connectivity index (χ4n) is 5.17. The van der Waals surface area contributed by atoms with Crippen molar-refractivity contribution in [1.29, 1.82) is 0 Å². The van der Waals surface area contributed by atoms with Crippen LogP contribution in [-0.2, 0) is 0 Å². The lowest BCUT2D eigenvalue weighted by Gasteiger charge is -2.30. The van der Waals surface area contributed by atoms with E-state index in [2.05, 4.69) is 31.2 Å². The lowest BCUT2D eigenvalue weighted by molar-refractivity contribution is -0.990. The summed E-state index contributed by atoms with van der Waals surface area (Å²) < 4.78 is 0. The highest BCUT2D eigenvalue weighted by molar-refractivity contribution is 5.60. The maximum atomic E-state index is 11.6. The number of nitrogens with one attached hydrogen (secondary N) is 1. The molecule has 2 aliphatic rings. The molecule has 0 heterocycles. The first-order valence-electron chi connectivity index (χ1n) is 9.70. The number of hydrogen-bond donors (Lipinski definition) is 3. The molecule has 2 fully saturated rings. The molecule has 0 spiro atoms. The molecule has 0 aromatic heterocycles. The van der Waals surface area contributed by atoms with Crippen molar-refractivity contribution in [2.24, 2.45) is 11.3 Å². The maximum Gasteiger partial charge on any atom is 0.187 e. The Bertz CT molecular complexity index is 787. The molecule has 138 valence electrons. The highest BCUT2D eigenvalue weighted by Gasteiger charge is 2.58. The fraction of sp³-hybridized carbons (Fsp3) is 0.455. The number of hydrogen-bond acceptors (Lipinski definition) is 3. The second-order valence-corrected chi connectivity index (χ2v) is 8.23. The average Bonchev–Trinajstić information content (AvgIpc) is 3.33. The number of quaternary nitrogens is 1. The summed E-state index contributed by atoms with van der Waals surface area (Å²) in [6.07, 6.45) is 7.74. The van der Waals surface area contributed by atoms with Crippen molar-refractivity contribution < 1.29 is 10.4 Å². The van der Waals surface area contributed by atoms with Crippen LogP contribution >= 0.6 is 0 Å². The van der Waals surface area contributed by atoms with Crippen LogP contribution in [0.2, 0.25) is 0 Å². The number of aryl methyl sites for hydroxylation is 1. The largest absolute Gasteiger partial charge is 0.595 e. The summed E-state index contributed by atoms with van der Waals surface area (Å²) in [5.74, 6) is 1.02. The zero-order valence-corrected chi connectivity index (χ0v) is 15.4. The molecule has 0 bridgehead atoms. The third-order valence-corrected chi connectivity index (χ3v) is 6.60. The Kier molecular flexibility index (Phi) is 4.51. The molecule has 0 aliphatic heterocycles. The number of rotatable bonds is 4. The van der Waals surface area contributed by atoms with Crippen molar-refractivity contribution in [2.45, 2.75) is 51.4 Å². The van der Waals surface area contributed by atoms with Gasteiger partial charge in [-0.1, -0.05) is 55.2 Å². The molecule has 4 N–H and O–H groups in total. The van der Waals surface area contributed by atoms with Gasteiger partial charge in [-0.25, -0.2) is 5.21 Å². The Hall–Kier alpha value is -1.88. The molecular weight excluding hydrogens is 324 g/mol. The van der Waals surface area contributed by atoms with Crippen LogP contribution < -0.4 is 11.0 Å². The highest BCUT2D eigenvalue weighted by Crippen LogP contribution is 2.68. The van der Waals surface area contributed by atoms with E-state index < -0.39 is 5.23 Å². The summed E-state index contributed by atoms with van der Waals surface area (Å²) in [5, 5.41) is 20.2. The van der Waals surface area contributed by atoms with Crippen LogP contribution in [0.15, 0.2) is 42.5 Å². The van der Waals surface area contributed by atoms with Crippen molar-refractivity contribution in [3.8, 4) is 0 Å². The van der Waals surface area contributed by atoms with Gasteiger partial charge in [-0.3, -0.25) is 0 Å². The molecule has 0 amide bonds. The maximum absolute atomic E-state index is 11.6. The van der Waals surface area contributed by atoms with Crippen molar-refractivity contribution >= 4 is 11.4 Å². The normalized spacial score (nSPS) is 27.3. The van der Waals surface area contributed by atoms with E-state index in [-0.39, 0.29) is 17.0 Å². The Morgan fingerprint density at radius 1 is 1.12 bits per heavy atom. The Labute approximate surface area is 155 Å². The molecule has 26 heavy (non-hydrogen) atoms. The number of nitrogen functional groups attached to an aromatic ring is 1. The van der Waals surface area contributed by atoms with Crippen molar-refractivity contribution in [3.63, 3.8) is 0 Å². The SMILES string of the molecule is Cc1ccc(C(c2ccc(N)c([NH+]([O-])O)c2)C23CCCCCC2C3)cc1. The quantitative estimate of drug-likeness (QED) is 0.573. The molecule has 4 rings (SSSR count). The zero-order chi connectivity index (χ0) is 18.3. The molecule has 0 saturated heterocycles. The van der Waals surface area contributed by atoms with Gasteiger partial charge in [-0.2, -0.15) is 5.23 Å². The van der Waals surface area contributed by atoms with E-state index in [1.54, 1.807) is 6.07 Å². The van der Waals surface area contributed by atoms with Crippen molar-refractivity contribution in [2.75, 3.05) is 5.73 Å². The van der Waals surface area contributed by atoms with Gasteiger partial charge in [0.1, 0.15) is 0 Å². The molecule has 4 nitrogen and oxygen atoms in total. The minimum absolute atomic E-state index is 0.224. The lowest BCUT2D eigenvalue weighted by atomic mass is 9.74. The van der Waals surface area contributed by atoms with E-state index in [1.807, 2.05) is 12.1 Å². The highest BCUT2D eigenvalue weighted by atomic mass is 16.8. The predicted molar refractivity (Wildman–Crippen MR) is 103 cm³/mol. The second kappa shape index (κ2) is 6.69. The summed E-state index contributed by atoms with van der Waals surface area (Å²) in [4.78, 5) is 0. The number of nitrogens with two attached hydrogens (primary N) is 1. The summed E-state index contributed by atoms with van der Waals surface area (Å²) in [6, 6.07) is 14.4. The van der Waals surface area contributed by atoms with E-state index >= 15 is 0 Å². The third-order valence-electron chi connectivity index (χ3n) is 6.60. The third kappa shape index (κ3) is 3.02. The van der Waals surface area contributed by atoms with Crippen molar-refractivity contribution in [1.82, 2.24) is 0 Å². The van der Waals surface area contributed by atoms with Crippen LogP contribution in [0.1, 0.15) is 61.1 Å². The first-order valence-corrected chi connectivity index (χ1v) is 9.70. The molecule has 2 saturated carbocycles. The van der Waals surface area contributed by atoms with Crippen LogP contribution in [0.4, 0.5) is 11.4 Å². The van der Waals surface area contributed by atoms with Crippen LogP contribution in [0, 0.1) is 23.5 Å². The molecule has 2 aromatic rings. The first-order chi connectivity index (χ1) is 12.5. The van der Waals surface area contributed by atoms with Gasteiger partial charge in [0.15, 0.2) is 5.69 Å². The van der Waals surface area contributed by atoms with E-state index in [4.69, 9.17) is 5.73 Å². The molecule has 4 atom stereocenters. The van der Waals surface area contributed by atoms with Gasteiger partial charge in [-0.15, -0.1) is 0 Å². The molecule has 2 aromatic carbocycles. The van der Waals surface area contributed by atoms with Gasteiger partial charge >= 0.3 is 0 Å². The van der Waals surface area contributed by atoms with E-state index in [0.29, 0.717) is 5.69 Å². The number of benzene rings is 2. The lowest BCUT2D eigenvalue weighted by Crippen LogP contribution is -2.99. The van der Waals surface area contributed by atoms with E-state index in [0.717, 1.165) is 11.5 Å². The van der Waals surface area contributed by atoms with Crippen LogP contribution in [0.25, 0.3) is 0 Å². The fourth-order valence-corrected chi connectivity index (χ4v) is 5.17. The van der Waals surface area contributed by atoms with Crippen LogP contribution in [-0.4, -0.2) is 5.21 Å². The summed E-state index contributed by atoms with van der Waals surface area (Å²) >= 11 is 0. The van der Waals surface area contributed by atoms with E-state index in [1.165, 1.54) is 49.7 Å². The Morgan fingerprint density at radius 2 is 1.85 bits per heavy atom. The molecule has 0 radical (unpaired) electrons. The van der Waals surface area contributed by atoms with Gasteiger partial charge in [0.25, 0.3) is 0 Å². The smallest absolute Gasteiger partial charge is 0.187 e. The van der Waals surface area contributed by atoms with Gasteiger partial charge in [0.05, 0.1) is 5.69 Å². The number of fused-ring (bicyclic) bond motifs is 1. The topological polar surface area (TPSA) is 73.8 Å². The molecule has 4 unspecified atom stereocenters. The Balaban J connectivity index is 1.81. The van der Waals surface area contributed by atoms with Gasteiger partial charge in [-0.05, 0) is 54.7 Å². The molecule has 2 aliphatic carbocycles. The molecular formula is C22H28N2O2. The summed E-state index contributed by atoms with van der Waals surface area (Å²) in [5.41, 5.74) is 10.4. The van der Waals surface area contributed by atoms with Gasteiger partial charge in [0, 0.05) is 12.0 Å².